The lowest BCUT2D eigenvalue weighted by Crippen LogP contribution is -2.25. The Morgan fingerprint density at radius 3 is 2.88 bits per heavy atom. The molecule has 130 valence electrons. The molecule has 4 nitrogen and oxygen atoms in total. The van der Waals surface area contributed by atoms with Crippen LogP contribution in [0.25, 0.3) is 10.9 Å². The smallest absolute Gasteiger partial charge is 0.225 e. The Labute approximate surface area is 157 Å². The van der Waals surface area contributed by atoms with Crippen molar-refractivity contribution in [3.8, 4) is 17.6 Å². The zero-order valence-corrected chi connectivity index (χ0v) is 14.8. The summed E-state index contributed by atoms with van der Waals surface area (Å²) >= 11 is 6.04. The number of aromatic nitrogens is 1. The summed E-state index contributed by atoms with van der Waals surface area (Å²) in [5, 5.41) is 4.40. The fourth-order valence-electron chi connectivity index (χ4n) is 2.39. The van der Waals surface area contributed by atoms with E-state index in [0.29, 0.717) is 10.8 Å². The van der Waals surface area contributed by atoms with Crippen molar-refractivity contribution < 1.29 is 9.53 Å². The number of fused-ring (bicyclic) bond motifs is 1. The Bertz CT molecular complexity index is 976. The first-order valence-corrected chi connectivity index (χ1v) is 8.53. The van der Waals surface area contributed by atoms with Gasteiger partial charge in [-0.05, 0) is 29.8 Å². The summed E-state index contributed by atoms with van der Waals surface area (Å²) in [7, 11) is 0. The summed E-state index contributed by atoms with van der Waals surface area (Å²) < 4.78 is 5.59. The molecule has 0 aliphatic heterocycles. The predicted octanol–water partition coefficient (Wildman–Crippen LogP) is 3.63. The predicted molar refractivity (Wildman–Crippen MR) is 103 cm³/mol. The Hall–Kier alpha value is -3.03. The molecular formula is C21H17ClN2O2. The van der Waals surface area contributed by atoms with Crippen molar-refractivity contribution in [3.05, 3.63) is 71.4 Å². The summed E-state index contributed by atoms with van der Waals surface area (Å²) in [6, 6.07) is 16.9. The Kier molecular flexibility index (Phi) is 6.08. The molecular weight excluding hydrogens is 348 g/mol. The highest BCUT2D eigenvalue weighted by molar-refractivity contribution is 6.31. The SMILES string of the molecule is O=C(Cc1ccccc1Cl)NCC#CCOc1ccc2cccnc2c1. The third-order valence-corrected chi connectivity index (χ3v) is 4.06. The summed E-state index contributed by atoms with van der Waals surface area (Å²) in [6.45, 7) is 0.518. The number of halogens is 1. The van der Waals surface area contributed by atoms with Crippen LogP contribution in [0.1, 0.15) is 5.56 Å². The number of hydrogen-bond acceptors (Lipinski definition) is 3. The third kappa shape index (κ3) is 4.98. The average Bonchev–Trinajstić information content (AvgIpc) is 2.66. The average molecular weight is 365 g/mol. The van der Waals surface area contributed by atoms with E-state index in [2.05, 4.69) is 22.1 Å². The minimum absolute atomic E-state index is 0.117. The van der Waals surface area contributed by atoms with Gasteiger partial charge in [0.25, 0.3) is 0 Å². The van der Waals surface area contributed by atoms with Crippen LogP contribution < -0.4 is 10.1 Å². The molecule has 1 amide bonds. The van der Waals surface area contributed by atoms with Crippen LogP contribution in [0.15, 0.2) is 60.8 Å². The largest absolute Gasteiger partial charge is 0.481 e. The van der Waals surface area contributed by atoms with Crippen LogP contribution in [-0.2, 0) is 11.2 Å². The first-order chi connectivity index (χ1) is 12.7. The van der Waals surface area contributed by atoms with E-state index in [-0.39, 0.29) is 25.5 Å². The van der Waals surface area contributed by atoms with Crippen LogP contribution in [0.2, 0.25) is 5.02 Å². The number of amides is 1. The molecule has 1 N–H and O–H groups in total. The lowest BCUT2D eigenvalue weighted by molar-refractivity contribution is -0.120. The monoisotopic (exact) mass is 364 g/mol. The molecule has 0 radical (unpaired) electrons. The normalized spacial score (nSPS) is 10.0. The van der Waals surface area contributed by atoms with Crippen molar-refractivity contribution in [3.63, 3.8) is 0 Å². The summed E-state index contributed by atoms with van der Waals surface area (Å²) in [4.78, 5) is 16.2. The number of carbonyl (C=O) groups excluding carboxylic acids is 1. The molecule has 0 atom stereocenters. The van der Waals surface area contributed by atoms with E-state index in [9.17, 15) is 4.79 Å². The van der Waals surface area contributed by atoms with E-state index in [1.54, 1.807) is 12.3 Å². The van der Waals surface area contributed by atoms with Crippen LogP contribution >= 0.6 is 11.6 Å². The molecule has 0 saturated heterocycles. The molecule has 1 aromatic heterocycles. The molecule has 5 heteroatoms. The summed E-state index contributed by atoms with van der Waals surface area (Å²) in [5.41, 5.74) is 1.68. The van der Waals surface area contributed by atoms with Crippen molar-refractivity contribution in [2.24, 2.45) is 0 Å². The maximum atomic E-state index is 11.9. The molecule has 0 spiro atoms. The molecule has 0 aliphatic carbocycles. The number of nitrogens with zero attached hydrogens (tertiary/aromatic N) is 1. The molecule has 0 saturated carbocycles. The van der Waals surface area contributed by atoms with Gasteiger partial charge >= 0.3 is 0 Å². The minimum atomic E-state index is -0.117. The molecule has 0 fully saturated rings. The standard InChI is InChI=1S/C21H17ClN2O2/c22-19-8-2-1-6-17(19)14-21(25)24-11-3-4-13-26-18-10-9-16-7-5-12-23-20(16)15-18/h1-2,5-10,12,15H,11,13-14H2,(H,24,25). The fraction of sp³-hybridized carbons (Fsp3) is 0.143. The zero-order chi connectivity index (χ0) is 18.2. The Balaban J connectivity index is 1.42. The highest BCUT2D eigenvalue weighted by Crippen LogP contribution is 2.18. The molecule has 2 aromatic carbocycles. The van der Waals surface area contributed by atoms with Gasteiger partial charge in [0, 0.05) is 22.7 Å². The highest BCUT2D eigenvalue weighted by atomic mass is 35.5. The lowest BCUT2D eigenvalue weighted by Gasteiger charge is -2.04. The number of nitrogens with one attached hydrogen (secondary N) is 1. The van der Waals surface area contributed by atoms with Gasteiger partial charge in [-0.1, -0.05) is 47.7 Å². The van der Waals surface area contributed by atoms with E-state index in [1.807, 2.05) is 48.5 Å². The third-order valence-electron chi connectivity index (χ3n) is 3.70. The van der Waals surface area contributed by atoms with Crippen LogP contribution in [0.3, 0.4) is 0 Å². The van der Waals surface area contributed by atoms with Crippen molar-refractivity contribution >= 4 is 28.4 Å². The molecule has 3 rings (SSSR count). The number of hydrogen-bond donors (Lipinski definition) is 1. The first-order valence-electron chi connectivity index (χ1n) is 8.16. The summed E-state index contributed by atoms with van der Waals surface area (Å²) in [5.74, 6) is 6.35. The van der Waals surface area contributed by atoms with Crippen LogP contribution in [0.4, 0.5) is 0 Å². The van der Waals surface area contributed by atoms with Gasteiger partial charge in [-0.25, -0.2) is 0 Å². The van der Waals surface area contributed by atoms with E-state index in [1.165, 1.54) is 0 Å². The maximum absolute atomic E-state index is 11.9. The molecule has 0 aliphatic rings. The number of rotatable bonds is 5. The van der Waals surface area contributed by atoms with Gasteiger partial charge in [-0.3, -0.25) is 9.78 Å². The molecule has 3 aromatic rings. The van der Waals surface area contributed by atoms with E-state index < -0.39 is 0 Å². The second-order valence-electron chi connectivity index (χ2n) is 5.55. The molecule has 0 unspecified atom stereocenters. The topological polar surface area (TPSA) is 51.2 Å². The number of pyridine rings is 1. The Morgan fingerprint density at radius 2 is 2.00 bits per heavy atom. The Morgan fingerprint density at radius 1 is 1.12 bits per heavy atom. The van der Waals surface area contributed by atoms with Crippen LogP contribution in [-0.4, -0.2) is 24.0 Å². The minimum Gasteiger partial charge on any atom is -0.481 e. The molecule has 26 heavy (non-hydrogen) atoms. The van der Waals surface area contributed by atoms with E-state index >= 15 is 0 Å². The summed E-state index contributed by atoms with van der Waals surface area (Å²) in [6.07, 6.45) is 1.99. The lowest BCUT2D eigenvalue weighted by atomic mass is 10.1. The van der Waals surface area contributed by atoms with Crippen molar-refractivity contribution in [2.45, 2.75) is 6.42 Å². The maximum Gasteiger partial charge on any atom is 0.225 e. The molecule has 0 bridgehead atoms. The van der Waals surface area contributed by atoms with Gasteiger partial charge in [-0.15, -0.1) is 0 Å². The number of ether oxygens (including phenoxy) is 1. The number of benzene rings is 2. The second-order valence-corrected chi connectivity index (χ2v) is 5.95. The van der Waals surface area contributed by atoms with Gasteiger partial charge in [0.05, 0.1) is 18.5 Å². The van der Waals surface area contributed by atoms with E-state index in [4.69, 9.17) is 16.3 Å². The first kappa shape index (κ1) is 17.8. The fourth-order valence-corrected chi connectivity index (χ4v) is 2.59. The number of carbonyl (C=O) groups is 1. The highest BCUT2D eigenvalue weighted by Gasteiger charge is 2.05. The van der Waals surface area contributed by atoms with Gasteiger partial charge in [0.1, 0.15) is 12.4 Å². The molecule has 1 heterocycles. The van der Waals surface area contributed by atoms with Gasteiger partial charge in [0.2, 0.25) is 5.91 Å². The van der Waals surface area contributed by atoms with Crippen LogP contribution in [0.5, 0.6) is 5.75 Å². The van der Waals surface area contributed by atoms with Crippen molar-refractivity contribution in [2.75, 3.05) is 13.2 Å². The quantitative estimate of drug-likeness (QED) is 0.703. The van der Waals surface area contributed by atoms with Gasteiger partial charge in [0.15, 0.2) is 0 Å². The van der Waals surface area contributed by atoms with Crippen LogP contribution in [0, 0.1) is 11.8 Å². The van der Waals surface area contributed by atoms with Crippen molar-refractivity contribution in [1.29, 1.82) is 0 Å². The van der Waals surface area contributed by atoms with Gasteiger partial charge < -0.3 is 10.1 Å². The van der Waals surface area contributed by atoms with E-state index in [0.717, 1.165) is 16.5 Å². The second kappa shape index (κ2) is 8.89. The van der Waals surface area contributed by atoms with Crippen molar-refractivity contribution in [1.82, 2.24) is 10.3 Å². The zero-order valence-electron chi connectivity index (χ0n) is 14.0. The van der Waals surface area contributed by atoms with Gasteiger partial charge in [-0.2, -0.15) is 0 Å².